The summed E-state index contributed by atoms with van der Waals surface area (Å²) in [5.74, 6) is 0. The van der Waals surface area contributed by atoms with Gasteiger partial charge in [0.25, 0.3) is 0 Å². The molecule has 0 saturated heterocycles. The second-order valence-electron chi connectivity index (χ2n) is 1.90. The van der Waals surface area contributed by atoms with Crippen LogP contribution >= 0.6 is 34.5 Å². The molecule has 1 aromatic rings. The number of hydrogen-bond acceptors (Lipinski definition) is 2. The molecular formula is C7H4ClIN2. The summed E-state index contributed by atoms with van der Waals surface area (Å²) in [5.41, 5.74) is 1.40. The monoisotopic (exact) mass is 278 g/mol. The molecule has 1 rings (SSSR count). The maximum Gasteiger partial charge on any atom is 0.0992 e. The summed E-state index contributed by atoms with van der Waals surface area (Å²) in [6.45, 7) is 0. The molecule has 1 aromatic carbocycles. The Balaban J connectivity index is 3.12. The Morgan fingerprint density at radius 3 is 2.73 bits per heavy atom. The van der Waals surface area contributed by atoms with Crippen LogP contribution in [0.25, 0.3) is 0 Å². The Kier molecular flexibility index (Phi) is 2.97. The van der Waals surface area contributed by atoms with E-state index < -0.39 is 0 Å². The molecule has 2 nitrogen and oxygen atoms in total. The first-order valence-corrected chi connectivity index (χ1v) is 4.30. The number of rotatable bonds is 1. The number of halogens is 2. The molecule has 0 atom stereocenters. The molecule has 0 spiro atoms. The van der Waals surface area contributed by atoms with Crippen molar-refractivity contribution in [1.29, 1.82) is 5.26 Å². The average molecular weight is 278 g/mol. The molecule has 1 N–H and O–H groups in total. The minimum Gasteiger partial charge on any atom is -0.327 e. The van der Waals surface area contributed by atoms with Crippen molar-refractivity contribution in [2.75, 3.05) is 3.53 Å². The third kappa shape index (κ3) is 1.98. The maximum absolute atomic E-state index is 8.49. The highest BCUT2D eigenvalue weighted by molar-refractivity contribution is 14.1. The van der Waals surface area contributed by atoms with E-state index in [1.165, 1.54) is 0 Å². The lowest BCUT2D eigenvalue weighted by Crippen LogP contribution is -1.81. The SMILES string of the molecule is N#Cc1ccc(NI)c(Cl)c1. The predicted octanol–water partition coefficient (Wildman–Crippen LogP) is 2.97. The van der Waals surface area contributed by atoms with Crippen molar-refractivity contribution in [1.82, 2.24) is 0 Å². The van der Waals surface area contributed by atoms with Gasteiger partial charge in [0.05, 0.1) is 45.2 Å². The van der Waals surface area contributed by atoms with Crippen LogP contribution in [-0.4, -0.2) is 0 Å². The zero-order valence-corrected chi connectivity index (χ0v) is 8.35. The van der Waals surface area contributed by atoms with Crippen LogP contribution < -0.4 is 3.53 Å². The Bertz CT molecular complexity index is 306. The minimum atomic E-state index is 0.568. The molecule has 0 aromatic heterocycles. The van der Waals surface area contributed by atoms with Gasteiger partial charge < -0.3 is 3.53 Å². The number of nitrogens with one attached hydrogen (secondary N) is 1. The fourth-order valence-electron chi connectivity index (χ4n) is 0.661. The van der Waals surface area contributed by atoms with E-state index in [9.17, 15) is 0 Å². The van der Waals surface area contributed by atoms with Crippen LogP contribution in [0.4, 0.5) is 5.69 Å². The van der Waals surface area contributed by atoms with E-state index in [-0.39, 0.29) is 0 Å². The van der Waals surface area contributed by atoms with Gasteiger partial charge in [-0.3, -0.25) is 0 Å². The first-order chi connectivity index (χ1) is 5.27. The highest BCUT2D eigenvalue weighted by Gasteiger charge is 1.98. The Hall–Kier alpha value is -0.470. The molecule has 0 unspecified atom stereocenters. The lowest BCUT2D eigenvalue weighted by molar-refractivity contribution is 1.49. The second-order valence-corrected chi connectivity index (χ2v) is 2.85. The normalized spacial score (nSPS) is 8.82. The van der Waals surface area contributed by atoms with Crippen molar-refractivity contribution < 1.29 is 0 Å². The molecule has 0 aliphatic heterocycles. The van der Waals surface area contributed by atoms with Gasteiger partial charge in [-0.15, -0.1) is 0 Å². The van der Waals surface area contributed by atoms with E-state index in [0.29, 0.717) is 10.6 Å². The summed E-state index contributed by atoms with van der Waals surface area (Å²) in [6.07, 6.45) is 0. The molecule has 0 saturated carbocycles. The highest BCUT2D eigenvalue weighted by atomic mass is 127. The topological polar surface area (TPSA) is 35.8 Å². The summed E-state index contributed by atoms with van der Waals surface area (Å²) in [6, 6.07) is 7.12. The predicted molar refractivity (Wildman–Crippen MR) is 53.8 cm³/mol. The van der Waals surface area contributed by atoms with Gasteiger partial charge in [-0.25, -0.2) is 0 Å². The van der Waals surface area contributed by atoms with Crippen molar-refractivity contribution in [3.05, 3.63) is 28.8 Å². The number of nitriles is 1. The van der Waals surface area contributed by atoms with E-state index in [1.807, 2.05) is 28.9 Å². The van der Waals surface area contributed by atoms with Crippen LogP contribution in [0, 0.1) is 11.3 Å². The molecule has 0 amide bonds. The van der Waals surface area contributed by atoms with Crippen LogP contribution in [-0.2, 0) is 0 Å². The zero-order chi connectivity index (χ0) is 8.27. The summed E-state index contributed by atoms with van der Waals surface area (Å²) < 4.78 is 2.88. The molecule has 0 aliphatic rings. The average Bonchev–Trinajstić information content (AvgIpc) is 2.04. The Labute approximate surface area is 83.7 Å². The van der Waals surface area contributed by atoms with Crippen molar-refractivity contribution >= 4 is 40.2 Å². The minimum absolute atomic E-state index is 0.568. The maximum atomic E-state index is 8.49. The molecule has 0 bridgehead atoms. The Morgan fingerprint density at radius 2 is 2.27 bits per heavy atom. The summed E-state index contributed by atoms with van der Waals surface area (Å²) in [5, 5.41) is 9.06. The van der Waals surface area contributed by atoms with Crippen molar-refractivity contribution in [3.63, 3.8) is 0 Å². The summed E-state index contributed by atoms with van der Waals surface area (Å²) >= 11 is 7.78. The fourth-order valence-corrected chi connectivity index (χ4v) is 1.52. The fraction of sp³-hybridized carbons (Fsp3) is 0. The van der Waals surface area contributed by atoms with Crippen molar-refractivity contribution in [2.45, 2.75) is 0 Å². The zero-order valence-electron chi connectivity index (χ0n) is 5.44. The smallest absolute Gasteiger partial charge is 0.0992 e. The van der Waals surface area contributed by atoms with Crippen molar-refractivity contribution in [2.24, 2.45) is 0 Å². The van der Waals surface area contributed by atoms with E-state index >= 15 is 0 Å². The van der Waals surface area contributed by atoms with E-state index in [4.69, 9.17) is 16.9 Å². The van der Waals surface area contributed by atoms with Gasteiger partial charge in [0, 0.05) is 0 Å². The van der Waals surface area contributed by atoms with Gasteiger partial charge in [-0.05, 0) is 18.2 Å². The van der Waals surface area contributed by atoms with E-state index in [1.54, 1.807) is 18.2 Å². The van der Waals surface area contributed by atoms with Crippen LogP contribution in [0.15, 0.2) is 18.2 Å². The van der Waals surface area contributed by atoms with E-state index in [0.717, 1.165) is 5.69 Å². The van der Waals surface area contributed by atoms with Crippen LogP contribution in [0.5, 0.6) is 0 Å². The lowest BCUT2D eigenvalue weighted by Gasteiger charge is -1.99. The number of hydrogen-bond donors (Lipinski definition) is 1. The molecular weight excluding hydrogens is 274 g/mol. The standard InChI is InChI=1S/C7H4ClIN2/c8-6-3-5(4-10)1-2-7(6)11-9/h1-3,11H. The molecule has 0 aliphatic carbocycles. The third-order valence-corrected chi connectivity index (χ3v) is 2.09. The van der Waals surface area contributed by atoms with Crippen LogP contribution in [0.3, 0.4) is 0 Å². The second kappa shape index (κ2) is 3.79. The summed E-state index contributed by atoms with van der Waals surface area (Å²) in [4.78, 5) is 0. The van der Waals surface area contributed by atoms with Crippen LogP contribution in [0.1, 0.15) is 5.56 Å². The van der Waals surface area contributed by atoms with Gasteiger partial charge in [0.2, 0.25) is 0 Å². The van der Waals surface area contributed by atoms with Crippen molar-refractivity contribution in [3.8, 4) is 6.07 Å². The largest absolute Gasteiger partial charge is 0.327 e. The van der Waals surface area contributed by atoms with Gasteiger partial charge in [0.15, 0.2) is 0 Å². The third-order valence-electron chi connectivity index (χ3n) is 1.20. The van der Waals surface area contributed by atoms with Gasteiger partial charge >= 0.3 is 0 Å². The van der Waals surface area contributed by atoms with Gasteiger partial charge in [0.1, 0.15) is 0 Å². The molecule has 11 heavy (non-hydrogen) atoms. The molecule has 0 heterocycles. The first-order valence-electron chi connectivity index (χ1n) is 2.84. The van der Waals surface area contributed by atoms with E-state index in [2.05, 4.69) is 3.53 Å². The molecule has 56 valence electrons. The molecule has 4 heteroatoms. The molecule has 0 fully saturated rings. The highest BCUT2D eigenvalue weighted by Crippen LogP contribution is 2.23. The number of nitrogens with zero attached hydrogens (tertiary/aromatic N) is 1. The van der Waals surface area contributed by atoms with Crippen LogP contribution in [0.2, 0.25) is 5.02 Å². The summed E-state index contributed by atoms with van der Waals surface area (Å²) in [7, 11) is 0. The lowest BCUT2D eigenvalue weighted by atomic mass is 10.2. The van der Waals surface area contributed by atoms with Gasteiger partial charge in [-0.2, -0.15) is 5.26 Å². The molecule has 0 radical (unpaired) electrons. The first kappa shape index (κ1) is 8.62. The number of anilines is 1. The Morgan fingerprint density at radius 1 is 1.55 bits per heavy atom. The van der Waals surface area contributed by atoms with Gasteiger partial charge in [-0.1, -0.05) is 11.6 Å². The number of benzene rings is 1. The quantitative estimate of drug-likeness (QED) is 0.633.